The Morgan fingerprint density at radius 1 is 1.08 bits per heavy atom. The molecule has 0 heterocycles. The van der Waals surface area contributed by atoms with E-state index in [1.54, 1.807) is 19.1 Å². The van der Waals surface area contributed by atoms with Crippen molar-refractivity contribution in [2.75, 3.05) is 33.0 Å². The molecule has 0 saturated heterocycles. The maximum absolute atomic E-state index is 11.0. The highest BCUT2D eigenvalue weighted by atomic mass is 16.6. The fourth-order valence-corrected chi connectivity index (χ4v) is 1.05. The highest BCUT2D eigenvalue weighted by Gasteiger charge is 2.05. The number of hydrogen-bond acceptors (Lipinski definition) is 5. The summed E-state index contributed by atoms with van der Waals surface area (Å²) in [7, 11) is 0. The smallest absolute Gasteiger partial charge is 0.333 e. The van der Waals surface area contributed by atoms with E-state index < -0.39 is 12.1 Å². The van der Waals surface area contributed by atoms with Gasteiger partial charge in [0.25, 0.3) is 0 Å². The summed E-state index contributed by atoms with van der Waals surface area (Å²) in [6.45, 7) is 19.0. The van der Waals surface area contributed by atoms with Crippen LogP contribution in [0, 0.1) is 0 Å². The van der Waals surface area contributed by atoms with Crippen molar-refractivity contribution in [3.63, 3.8) is 0 Å². The molecule has 0 amide bonds. The van der Waals surface area contributed by atoms with Crippen LogP contribution in [0.15, 0.2) is 48.9 Å². The van der Waals surface area contributed by atoms with E-state index in [-0.39, 0.29) is 26.4 Å². The number of carbonyl (C=O) groups is 1. The standard InChI is InChI=1S/C13H24O5.2C4H6/c1-4-5-6-16-9-12(14)10-17-7-8-18-13(15)11(2)3;2*1-3-4-2/h12,14H,2,4-10H2,1,3H3;2*4H,1H2,2H3. The molecule has 5 heteroatoms. The van der Waals surface area contributed by atoms with Gasteiger partial charge in [-0.15, -0.1) is 11.5 Å². The van der Waals surface area contributed by atoms with E-state index in [0.29, 0.717) is 12.2 Å². The van der Waals surface area contributed by atoms with Crippen LogP contribution in [0.1, 0.15) is 40.5 Å². The number of hydrogen-bond donors (Lipinski definition) is 1. The van der Waals surface area contributed by atoms with E-state index in [2.05, 4.69) is 38.1 Å². The molecule has 0 aromatic rings. The van der Waals surface area contributed by atoms with Gasteiger partial charge in [-0.2, -0.15) is 0 Å². The number of aliphatic hydroxyl groups is 1. The predicted octanol–water partition coefficient (Wildman–Crippen LogP) is 3.99. The third-order valence-corrected chi connectivity index (χ3v) is 2.48. The summed E-state index contributed by atoms with van der Waals surface area (Å²) in [6.07, 6.45) is 4.95. The Morgan fingerprint density at radius 2 is 1.54 bits per heavy atom. The van der Waals surface area contributed by atoms with E-state index in [9.17, 15) is 9.90 Å². The Bertz CT molecular complexity index is 414. The third kappa shape index (κ3) is 30.1. The predicted molar refractivity (Wildman–Crippen MR) is 107 cm³/mol. The van der Waals surface area contributed by atoms with Gasteiger partial charge in [0.15, 0.2) is 0 Å². The Balaban J connectivity index is -0.000000551. The first kappa shape index (κ1) is 28.9. The topological polar surface area (TPSA) is 65.0 Å². The number of aliphatic hydroxyl groups excluding tert-OH is 1. The molecular formula is C21H36O5. The molecule has 5 nitrogen and oxygen atoms in total. The molecule has 1 N–H and O–H groups in total. The van der Waals surface area contributed by atoms with Crippen molar-refractivity contribution in [1.29, 1.82) is 0 Å². The van der Waals surface area contributed by atoms with E-state index in [1.165, 1.54) is 0 Å². The number of unbranched alkanes of at least 4 members (excludes halogenated alkanes) is 1. The van der Waals surface area contributed by atoms with Gasteiger partial charge in [-0.3, -0.25) is 0 Å². The maximum Gasteiger partial charge on any atom is 0.333 e. The molecule has 0 bridgehead atoms. The fraction of sp³-hybridized carbons (Fsp3) is 0.571. The van der Waals surface area contributed by atoms with Gasteiger partial charge in [-0.05, 0) is 39.3 Å². The number of carbonyl (C=O) groups excluding carboxylic acids is 1. The molecule has 0 aromatic carbocycles. The Hall–Kier alpha value is -1.87. The summed E-state index contributed by atoms with van der Waals surface area (Å²) < 4.78 is 15.2. The molecule has 0 aliphatic carbocycles. The molecule has 0 aliphatic heterocycles. The number of allylic oxidation sites excluding steroid dienone is 2. The lowest BCUT2D eigenvalue weighted by Crippen LogP contribution is -2.23. The summed E-state index contributed by atoms with van der Waals surface area (Å²) in [5, 5.41) is 9.47. The van der Waals surface area contributed by atoms with Crippen molar-refractivity contribution in [1.82, 2.24) is 0 Å². The van der Waals surface area contributed by atoms with Gasteiger partial charge in [-0.1, -0.05) is 33.1 Å². The van der Waals surface area contributed by atoms with Crippen molar-refractivity contribution in [2.24, 2.45) is 0 Å². The van der Waals surface area contributed by atoms with E-state index in [4.69, 9.17) is 14.2 Å². The summed E-state index contributed by atoms with van der Waals surface area (Å²) in [5.74, 6) is -0.429. The van der Waals surface area contributed by atoms with Gasteiger partial charge in [0.1, 0.15) is 12.7 Å². The second kappa shape index (κ2) is 25.4. The van der Waals surface area contributed by atoms with Crippen molar-refractivity contribution >= 4 is 5.97 Å². The average molecular weight is 369 g/mol. The molecule has 0 fully saturated rings. The molecule has 1 atom stereocenters. The molecule has 0 saturated carbocycles. The van der Waals surface area contributed by atoms with Crippen molar-refractivity contribution in [3.8, 4) is 0 Å². The molecule has 0 aliphatic rings. The third-order valence-electron chi connectivity index (χ3n) is 2.48. The zero-order valence-electron chi connectivity index (χ0n) is 16.9. The monoisotopic (exact) mass is 368 g/mol. The molecule has 0 rings (SSSR count). The molecule has 1 unspecified atom stereocenters. The minimum atomic E-state index is -0.640. The summed E-state index contributed by atoms with van der Waals surface area (Å²) in [6, 6.07) is 0. The molecule has 0 radical (unpaired) electrons. The van der Waals surface area contributed by atoms with E-state index >= 15 is 0 Å². The summed E-state index contributed by atoms with van der Waals surface area (Å²) >= 11 is 0. The van der Waals surface area contributed by atoms with E-state index in [1.807, 2.05) is 13.8 Å². The van der Waals surface area contributed by atoms with E-state index in [0.717, 1.165) is 12.8 Å². The van der Waals surface area contributed by atoms with Gasteiger partial charge in [0.05, 0.1) is 19.8 Å². The highest BCUT2D eigenvalue weighted by molar-refractivity contribution is 5.86. The van der Waals surface area contributed by atoms with Gasteiger partial charge >= 0.3 is 5.97 Å². The van der Waals surface area contributed by atoms with Crippen molar-refractivity contribution in [2.45, 2.75) is 46.6 Å². The van der Waals surface area contributed by atoms with Crippen LogP contribution in [-0.4, -0.2) is 50.2 Å². The van der Waals surface area contributed by atoms with Gasteiger partial charge in [0, 0.05) is 12.2 Å². The Labute approximate surface area is 159 Å². The van der Waals surface area contributed by atoms with Crippen molar-refractivity contribution in [3.05, 3.63) is 48.9 Å². The first-order chi connectivity index (χ1) is 12.4. The first-order valence-corrected chi connectivity index (χ1v) is 8.68. The Morgan fingerprint density at radius 3 is 1.92 bits per heavy atom. The van der Waals surface area contributed by atoms with Crippen LogP contribution in [-0.2, 0) is 19.0 Å². The molecule has 26 heavy (non-hydrogen) atoms. The molecule has 0 aromatic heterocycles. The van der Waals surface area contributed by atoms with Gasteiger partial charge in [-0.25, -0.2) is 4.79 Å². The zero-order chi connectivity index (χ0) is 20.6. The lowest BCUT2D eigenvalue weighted by atomic mass is 10.3. The van der Waals surface area contributed by atoms with Crippen LogP contribution >= 0.6 is 0 Å². The van der Waals surface area contributed by atoms with Crippen LogP contribution in [0.4, 0.5) is 0 Å². The number of rotatable bonds is 11. The van der Waals surface area contributed by atoms with Crippen molar-refractivity contribution < 1.29 is 24.1 Å². The molecular weight excluding hydrogens is 332 g/mol. The fourth-order valence-electron chi connectivity index (χ4n) is 1.05. The number of ether oxygens (including phenoxy) is 3. The second-order valence-corrected chi connectivity index (χ2v) is 5.06. The SMILES string of the molecule is C=C(C)C(=O)OCCOCC(O)COCCCC.C=C=CC.C=C=CC. The summed E-state index contributed by atoms with van der Waals surface area (Å²) in [5.41, 5.74) is 5.47. The maximum atomic E-state index is 11.0. The Kier molecular flexibility index (Phi) is 28.2. The zero-order valence-corrected chi connectivity index (χ0v) is 16.9. The van der Waals surface area contributed by atoms with Gasteiger partial charge in [0.2, 0.25) is 0 Å². The highest BCUT2D eigenvalue weighted by Crippen LogP contribution is 1.94. The average Bonchev–Trinajstić information content (AvgIpc) is 2.65. The number of esters is 1. The minimum Gasteiger partial charge on any atom is -0.460 e. The molecule has 0 spiro atoms. The van der Waals surface area contributed by atoms with Gasteiger partial charge < -0.3 is 19.3 Å². The van der Waals surface area contributed by atoms with Crippen LogP contribution < -0.4 is 0 Å². The largest absolute Gasteiger partial charge is 0.460 e. The molecule has 150 valence electrons. The minimum absolute atomic E-state index is 0.162. The summed E-state index contributed by atoms with van der Waals surface area (Å²) in [4.78, 5) is 11.0. The second-order valence-electron chi connectivity index (χ2n) is 5.06. The van der Waals surface area contributed by atoms with Crippen LogP contribution in [0.2, 0.25) is 0 Å². The first-order valence-electron chi connectivity index (χ1n) is 8.68. The quantitative estimate of drug-likeness (QED) is 0.258. The lowest BCUT2D eigenvalue weighted by molar-refractivity contribution is -0.140. The van der Waals surface area contributed by atoms with Crippen LogP contribution in [0.5, 0.6) is 0 Å². The normalized spacial score (nSPS) is 9.73. The lowest BCUT2D eigenvalue weighted by Gasteiger charge is -2.11. The van der Waals surface area contributed by atoms with Crippen LogP contribution in [0.25, 0.3) is 0 Å². The van der Waals surface area contributed by atoms with Crippen LogP contribution in [0.3, 0.4) is 0 Å².